The fraction of sp³-hybridized carbons (Fsp3) is 0.667. The molecule has 0 aliphatic rings. The lowest BCUT2D eigenvalue weighted by atomic mass is 10.2. The van der Waals surface area contributed by atoms with E-state index in [1.807, 2.05) is 7.05 Å². The minimum atomic E-state index is 0.519. The standard InChI is InChI=1S/C6H9ClN4S/c1-11-6(8-9-10-11)4-2-3-5(7)12/h2-4H2,1H3. The van der Waals surface area contributed by atoms with Crippen LogP contribution in [-0.4, -0.2) is 24.5 Å². The first kappa shape index (κ1) is 9.54. The first-order valence-corrected chi connectivity index (χ1v) is 4.38. The van der Waals surface area contributed by atoms with Crippen molar-refractivity contribution in [3.63, 3.8) is 0 Å². The van der Waals surface area contributed by atoms with Crippen LogP contribution in [-0.2, 0) is 13.5 Å². The zero-order chi connectivity index (χ0) is 8.97. The number of tetrazole rings is 1. The Balaban J connectivity index is 2.33. The largest absolute Gasteiger partial charge is 0.233 e. The third-order valence-electron chi connectivity index (χ3n) is 1.48. The van der Waals surface area contributed by atoms with Crippen LogP contribution < -0.4 is 0 Å². The van der Waals surface area contributed by atoms with Gasteiger partial charge in [-0.05, 0) is 23.3 Å². The number of hydrogen-bond acceptors (Lipinski definition) is 4. The summed E-state index contributed by atoms with van der Waals surface area (Å²) in [5.74, 6) is 0.864. The SMILES string of the molecule is Cn1nnnc1CCCC(=S)Cl. The number of rotatable bonds is 4. The van der Waals surface area contributed by atoms with E-state index >= 15 is 0 Å². The van der Waals surface area contributed by atoms with E-state index in [9.17, 15) is 0 Å². The number of nitrogens with zero attached hydrogens (tertiary/aromatic N) is 4. The number of hydrogen-bond donors (Lipinski definition) is 0. The molecule has 0 amide bonds. The van der Waals surface area contributed by atoms with Crippen molar-refractivity contribution in [3.05, 3.63) is 5.82 Å². The Hall–Kier alpha value is -0.550. The van der Waals surface area contributed by atoms with Gasteiger partial charge in [0.1, 0.15) is 0 Å². The fourth-order valence-corrected chi connectivity index (χ4v) is 1.12. The molecular weight excluding hydrogens is 196 g/mol. The van der Waals surface area contributed by atoms with Gasteiger partial charge in [0.15, 0.2) is 5.82 Å². The normalized spacial score (nSPS) is 10.2. The van der Waals surface area contributed by atoms with Crippen LogP contribution in [0.4, 0.5) is 0 Å². The van der Waals surface area contributed by atoms with Crippen LogP contribution in [0.5, 0.6) is 0 Å². The number of aryl methyl sites for hydroxylation is 2. The average Bonchev–Trinajstić information content (AvgIpc) is 2.36. The zero-order valence-electron chi connectivity index (χ0n) is 6.70. The highest BCUT2D eigenvalue weighted by atomic mass is 35.5. The van der Waals surface area contributed by atoms with E-state index in [4.69, 9.17) is 23.8 Å². The lowest BCUT2D eigenvalue weighted by molar-refractivity contribution is 0.664. The number of halogens is 1. The van der Waals surface area contributed by atoms with Gasteiger partial charge < -0.3 is 0 Å². The van der Waals surface area contributed by atoms with Gasteiger partial charge in [-0.15, -0.1) is 5.10 Å². The van der Waals surface area contributed by atoms with Crippen molar-refractivity contribution in [2.24, 2.45) is 7.05 Å². The highest BCUT2D eigenvalue weighted by Crippen LogP contribution is 2.02. The smallest absolute Gasteiger partial charge is 0.150 e. The van der Waals surface area contributed by atoms with Crippen LogP contribution in [0.2, 0.25) is 0 Å². The monoisotopic (exact) mass is 204 g/mol. The second-order valence-corrected chi connectivity index (χ2v) is 3.60. The quantitative estimate of drug-likeness (QED) is 0.544. The molecule has 0 saturated heterocycles. The number of aromatic nitrogens is 4. The molecule has 0 radical (unpaired) electrons. The molecule has 0 atom stereocenters. The maximum Gasteiger partial charge on any atom is 0.150 e. The number of thiocarbonyl (C=S) groups is 1. The summed E-state index contributed by atoms with van der Waals surface area (Å²) in [5, 5.41) is 11.0. The Morgan fingerprint density at radius 3 is 2.92 bits per heavy atom. The molecular formula is C6H9ClN4S. The van der Waals surface area contributed by atoms with Crippen LogP contribution in [0, 0.1) is 0 Å². The summed E-state index contributed by atoms with van der Waals surface area (Å²) in [6.45, 7) is 0. The molecule has 0 saturated carbocycles. The van der Waals surface area contributed by atoms with Gasteiger partial charge in [0.2, 0.25) is 0 Å². The molecule has 4 nitrogen and oxygen atoms in total. The van der Waals surface area contributed by atoms with E-state index in [0.717, 1.165) is 25.1 Å². The van der Waals surface area contributed by atoms with Crippen molar-refractivity contribution in [2.75, 3.05) is 0 Å². The molecule has 0 bridgehead atoms. The molecule has 0 unspecified atom stereocenters. The Bertz CT molecular complexity index is 272. The summed E-state index contributed by atoms with van der Waals surface area (Å²) in [6, 6.07) is 0. The van der Waals surface area contributed by atoms with Gasteiger partial charge in [-0.2, -0.15) is 0 Å². The third-order valence-corrected chi connectivity index (χ3v) is 1.87. The minimum Gasteiger partial charge on any atom is -0.233 e. The van der Waals surface area contributed by atoms with E-state index in [2.05, 4.69) is 15.5 Å². The van der Waals surface area contributed by atoms with E-state index in [-0.39, 0.29) is 0 Å². The van der Waals surface area contributed by atoms with E-state index in [1.54, 1.807) is 4.68 Å². The van der Waals surface area contributed by atoms with Crippen molar-refractivity contribution in [1.82, 2.24) is 20.2 Å². The molecule has 0 aliphatic heterocycles. The molecule has 12 heavy (non-hydrogen) atoms. The highest BCUT2D eigenvalue weighted by molar-refractivity contribution is 7.83. The van der Waals surface area contributed by atoms with E-state index in [0.29, 0.717) is 4.32 Å². The van der Waals surface area contributed by atoms with Gasteiger partial charge in [0.05, 0.1) is 4.32 Å². The zero-order valence-corrected chi connectivity index (χ0v) is 8.27. The van der Waals surface area contributed by atoms with Crippen molar-refractivity contribution in [3.8, 4) is 0 Å². The maximum atomic E-state index is 5.53. The molecule has 0 spiro atoms. The first-order valence-electron chi connectivity index (χ1n) is 3.59. The summed E-state index contributed by atoms with van der Waals surface area (Å²) in [7, 11) is 1.81. The van der Waals surface area contributed by atoms with Crippen molar-refractivity contribution < 1.29 is 0 Å². The van der Waals surface area contributed by atoms with Gasteiger partial charge >= 0.3 is 0 Å². The maximum absolute atomic E-state index is 5.53. The van der Waals surface area contributed by atoms with Gasteiger partial charge in [-0.25, -0.2) is 4.68 Å². The Morgan fingerprint density at radius 1 is 1.67 bits per heavy atom. The predicted molar refractivity (Wildman–Crippen MR) is 50.2 cm³/mol. The lowest BCUT2D eigenvalue weighted by Crippen LogP contribution is -2.00. The van der Waals surface area contributed by atoms with Crippen molar-refractivity contribution >= 4 is 28.1 Å². The van der Waals surface area contributed by atoms with Gasteiger partial charge in [-0.3, -0.25) is 0 Å². The van der Waals surface area contributed by atoms with E-state index < -0.39 is 0 Å². The lowest BCUT2D eigenvalue weighted by Gasteiger charge is -1.96. The van der Waals surface area contributed by atoms with Crippen LogP contribution in [0.25, 0.3) is 0 Å². The molecule has 66 valence electrons. The summed E-state index contributed by atoms with van der Waals surface area (Å²) in [5.41, 5.74) is 0. The molecule has 6 heteroatoms. The summed E-state index contributed by atoms with van der Waals surface area (Å²) in [4.78, 5) is 0. The van der Waals surface area contributed by atoms with Gasteiger partial charge in [0, 0.05) is 13.5 Å². The van der Waals surface area contributed by atoms with Crippen molar-refractivity contribution in [2.45, 2.75) is 19.3 Å². The van der Waals surface area contributed by atoms with Crippen molar-refractivity contribution in [1.29, 1.82) is 0 Å². The summed E-state index contributed by atoms with van der Waals surface area (Å²) in [6.07, 6.45) is 2.46. The molecule has 1 rings (SSSR count). The highest BCUT2D eigenvalue weighted by Gasteiger charge is 2.01. The van der Waals surface area contributed by atoms with Crippen LogP contribution in [0.15, 0.2) is 0 Å². The Morgan fingerprint density at radius 2 is 2.42 bits per heavy atom. The second-order valence-electron chi connectivity index (χ2n) is 2.43. The summed E-state index contributed by atoms with van der Waals surface area (Å²) < 4.78 is 2.17. The molecule has 0 fully saturated rings. The van der Waals surface area contributed by atoms with Gasteiger partial charge in [0.25, 0.3) is 0 Å². The van der Waals surface area contributed by atoms with Gasteiger partial charge in [-0.1, -0.05) is 23.8 Å². The predicted octanol–water partition coefficient (Wildman–Crippen LogP) is 1.10. The fourth-order valence-electron chi connectivity index (χ4n) is 0.845. The Kier molecular flexibility index (Phi) is 3.55. The molecule has 1 aromatic rings. The van der Waals surface area contributed by atoms with Crippen LogP contribution >= 0.6 is 23.8 Å². The van der Waals surface area contributed by atoms with Crippen LogP contribution in [0.3, 0.4) is 0 Å². The Labute approximate surface area is 80.9 Å². The third kappa shape index (κ3) is 2.83. The molecule has 0 N–H and O–H groups in total. The topological polar surface area (TPSA) is 43.6 Å². The average molecular weight is 205 g/mol. The van der Waals surface area contributed by atoms with Crippen LogP contribution in [0.1, 0.15) is 18.7 Å². The molecule has 1 heterocycles. The molecule has 0 aromatic carbocycles. The minimum absolute atomic E-state index is 0.519. The summed E-state index contributed by atoms with van der Waals surface area (Å²) >= 11 is 10.3. The first-order chi connectivity index (χ1) is 5.70. The molecule has 0 aliphatic carbocycles. The van der Waals surface area contributed by atoms with E-state index in [1.165, 1.54) is 0 Å². The molecule has 1 aromatic heterocycles. The second kappa shape index (κ2) is 4.47.